The molecule has 1 aliphatic rings. The van der Waals surface area contributed by atoms with Crippen LogP contribution < -0.4 is 5.32 Å². The monoisotopic (exact) mass is 360 g/mol. The fourth-order valence-electron chi connectivity index (χ4n) is 3.96. The number of aliphatic hydroxyl groups is 1. The number of amides is 2. The molecule has 5 nitrogen and oxygen atoms in total. The zero-order valence-corrected chi connectivity index (χ0v) is 16.0. The van der Waals surface area contributed by atoms with Gasteiger partial charge in [-0.05, 0) is 31.2 Å². The minimum atomic E-state index is -0.873. The molecular weight excluding hydrogens is 328 g/mol. The summed E-state index contributed by atoms with van der Waals surface area (Å²) in [7, 11) is 0. The normalized spacial score (nSPS) is 16.9. The third kappa shape index (κ3) is 4.44. The summed E-state index contributed by atoms with van der Waals surface area (Å²) in [4.78, 5) is 27.7. The summed E-state index contributed by atoms with van der Waals surface area (Å²) in [5.41, 5.74) is 0.410. The maximum Gasteiger partial charge on any atom is 0.247 e. The Morgan fingerprint density at radius 1 is 1.12 bits per heavy atom. The van der Waals surface area contributed by atoms with E-state index in [1.54, 1.807) is 4.90 Å². The van der Waals surface area contributed by atoms with E-state index >= 15 is 0 Å². The van der Waals surface area contributed by atoms with E-state index in [9.17, 15) is 14.7 Å². The van der Waals surface area contributed by atoms with E-state index in [1.165, 1.54) is 0 Å². The topological polar surface area (TPSA) is 69.6 Å². The van der Waals surface area contributed by atoms with Crippen LogP contribution in [0.2, 0.25) is 0 Å². The second kappa shape index (κ2) is 9.72. The van der Waals surface area contributed by atoms with Crippen LogP contribution in [-0.4, -0.2) is 47.6 Å². The summed E-state index contributed by atoms with van der Waals surface area (Å²) in [6, 6.07) is 8.94. The van der Waals surface area contributed by atoms with Crippen LogP contribution in [0.3, 0.4) is 0 Å². The van der Waals surface area contributed by atoms with Crippen LogP contribution in [0.5, 0.6) is 0 Å². The summed E-state index contributed by atoms with van der Waals surface area (Å²) >= 11 is 0. The number of carbonyl (C=O) groups excluding carboxylic acids is 2. The fourth-order valence-corrected chi connectivity index (χ4v) is 3.96. The maximum atomic E-state index is 13.2. The zero-order valence-electron chi connectivity index (χ0n) is 16.0. The van der Waals surface area contributed by atoms with Gasteiger partial charge in [-0.3, -0.25) is 9.59 Å². The van der Waals surface area contributed by atoms with Crippen molar-refractivity contribution in [2.24, 2.45) is 0 Å². The molecule has 0 unspecified atom stereocenters. The quantitative estimate of drug-likeness (QED) is 0.711. The first kappa shape index (κ1) is 20.4. The Balaban J connectivity index is 2.17. The zero-order chi connectivity index (χ0) is 19.0. The van der Waals surface area contributed by atoms with Crippen LogP contribution in [0.4, 0.5) is 0 Å². The van der Waals surface area contributed by atoms with Gasteiger partial charge in [-0.1, -0.05) is 57.0 Å². The molecule has 1 aliphatic carbocycles. The van der Waals surface area contributed by atoms with Crippen molar-refractivity contribution in [3.05, 3.63) is 35.9 Å². The molecule has 26 heavy (non-hydrogen) atoms. The van der Waals surface area contributed by atoms with Gasteiger partial charge in [0.1, 0.15) is 6.04 Å². The number of nitrogens with one attached hydrogen (secondary N) is 1. The van der Waals surface area contributed by atoms with Gasteiger partial charge in [-0.15, -0.1) is 0 Å². The molecule has 1 atom stereocenters. The highest BCUT2D eigenvalue weighted by Crippen LogP contribution is 2.41. The van der Waals surface area contributed by atoms with E-state index in [-0.39, 0.29) is 18.4 Å². The van der Waals surface area contributed by atoms with Crippen LogP contribution in [0.15, 0.2) is 30.3 Å². The summed E-state index contributed by atoms with van der Waals surface area (Å²) in [5.74, 6) is -0.327. The molecule has 0 aromatic heterocycles. The van der Waals surface area contributed by atoms with Crippen molar-refractivity contribution in [3.8, 4) is 0 Å². The Hall–Kier alpha value is -1.88. The van der Waals surface area contributed by atoms with Gasteiger partial charge in [-0.2, -0.15) is 0 Å². The van der Waals surface area contributed by atoms with Gasteiger partial charge in [0.25, 0.3) is 0 Å². The van der Waals surface area contributed by atoms with Crippen molar-refractivity contribution in [1.29, 1.82) is 0 Å². The Kier molecular flexibility index (Phi) is 7.64. The molecule has 0 bridgehead atoms. The summed E-state index contributed by atoms with van der Waals surface area (Å²) in [6.45, 7) is 4.95. The van der Waals surface area contributed by atoms with Gasteiger partial charge >= 0.3 is 0 Å². The minimum Gasteiger partial charge on any atom is -0.394 e. The molecule has 1 fully saturated rings. The van der Waals surface area contributed by atoms with E-state index in [0.29, 0.717) is 13.1 Å². The first-order valence-corrected chi connectivity index (χ1v) is 9.85. The maximum absolute atomic E-state index is 13.2. The Morgan fingerprint density at radius 2 is 1.69 bits per heavy atom. The van der Waals surface area contributed by atoms with Crippen LogP contribution in [-0.2, 0) is 15.0 Å². The predicted molar refractivity (Wildman–Crippen MR) is 103 cm³/mol. The highest BCUT2D eigenvalue weighted by Gasteiger charge is 2.43. The van der Waals surface area contributed by atoms with Gasteiger partial charge in [0.05, 0.1) is 12.0 Å². The lowest BCUT2D eigenvalue weighted by molar-refractivity contribution is -0.139. The van der Waals surface area contributed by atoms with Crippen molar-refractivity contribution in [2.45, 2.75) is 63.8 Å². The Morgan fingerprint density at radius 3 is 2.19 bits per heavy atom. The average molecular weight is 360 g/mol. The molecule has 2 rings (SSSR count). The Labute approximate surface area is 156 Å². The SMILES string of the molecule is CCCN(CCC)C(=O)[C@H](CO)NC(=O)C1(c2ccccc2)CCCC1. The molecule has 2 amide bonds. The third-order valence-electron chi connectivity index (χ3n) is 5.30. The standard InChI is InChI=1S/C21H32N2O3/c1-3-14-23(15-4-2)19(25)18(16-24)22-20(26)21(12-8-9-13-21)17-10-6-5-7-11-17/h5-7,10-11,18,24H,3-4,8-9,12-16H2,1-2H3,(H,22,26)/t18-/m0/s1. The number of carbonyl (C=O) groups is 2. The third-order valence-corrected chi connectivity index (χ3v) is 5.30. The smallest absolute Gasteiger partial charge is 0.247 e. The van der Waals surface area contributed by atoms with Gasteiger partial charge in [0, 0.05) is 13.1 Å². The molecule has 1 aromatic carbocycles. The molecule has 1 saturated carbocycles. The number of benzene rings is 1. The van der Waals surface area contributed by atoms with Crippen molar-refractivity contribution >= 4 is 11.8 Å². The fraction of sp³-hybridized carbons (Fsp3) is 0.619. The van der Waals surface area contributed by atoms with Gasteiger partial charge in [0.15, 0.2) is 0 Å². The van der Waals surface area contributed by atoms with Crippen molar-refractivity contribution in [2.75, 3.05) is 19.7 Å². The molecular formula is C21H32N2O3. The molecule has 2 N–H and O–H groups in total. The van der Waals surface area contributed by atoms with Crippen LogP contribution >= 0.6 is 0 Å². The molecule has 0 aliphatic heterocycles. The summed E-state index contributed by atoms with van der Waals surface area (Å²) in [6.07, 6.45) is 5.26. The van der Waals surface area contributed by atoms with Crippen molar-refractivity contribution < 1.29 is 14.7 Å². The van der Waals surface area contributed by atoms with Crippen LogP contribution in [0.1, 0.15) is 57.9 Å². The number of rotatable bonds is 9. The van der Waals surface area contributed by atoms with E-state index in [1.807, 2.05) is 44.2 Å². The van der Waals surface area contributed by atoms with Crippen molar-refractivity contribution in [1.82, 2.24) is 10.2 Å². The first-order valence-electron chi connectivity index (χ1n) is 9.85. The number of nitrogens with zero attached hydrogens (tertiary/aromatic N) is 1. The highest BCUT2D eigenvalue weighted by atomic mass is 16.3. The number of hydrogen-bond donors (Lipinski definition) is 2. The van der Waals surface area contributed by atoms with Crippen LogP contribution in [0, 0.1) is 0 Å². The van der Waals surface area contributed by atoms with Gasteiger partial charge in [-0.25, -0.2) is 0 Å². The molecule has 144 valence electrons. The van der Waals surface area contributed by atoms with E-state index < -0.39 is 11.5 Å². The van der Waals surface area contributed by atoms with E-state index in [2.05, 4.69) is 5.32 Å². The summed E-state index contributed by atoms with van der Waals surface area (Å²) in [5, 5.41) is 12.6. The predicted octanol–water partition coefficient (Wildman–Crippen LogP) is 2.62. The Bertz CT molecular complexity index is 576. The average Bonchev–Trinajstić information content (AvgIpc) is 3.17. The molecule has 5 heteroatoms. The molecule has 0 radical (unpaired) electrons. The lowest BCUT2D eigenvalue weighted by Crippen LogP contribution is -2.55. The molecule has 0 saturated heterocycles. The van der Waals surface area contributed by atoms with Crippen molar-refractivity contribution in [3.63, 3.8) is 0 Å². The second-order valence-corrected chi connectivity index (χ2v) is 7.19. The molecule has 0 heterocycles. The molecule has 0 spiro atoms. The largest absolute Gasteiger partial charge is 0.394 e. The lowest BCUT2D eigenvalue weighted by atomic mass is 9.78. The van der Waals surface area contributed by atoms with Crippen LogP contribution in [0.25, 0.3) is 0 Å². The second-order valence-electron chi connectivity index (χ2n) is 7.19. The summed E-state index contributed by atoms with van der Waals surface area (Å²) < 4.78 is 0. The minimum absolute atomic E-state index is 0.137. The molecule has 1 aromatic rings. The number of aliphatic hydroxyl groups excluding tert-OH is 1. The van der Waals surface area contributed by atoms with E-state index in [0.717, 1.165) is 44.1 Å². The highest BCUT2D eigenvalue weighted by molar-refractivity contribution is 5.93. The van der Waals surface area contributed by atoms with Gasteiger partial charge < -0.3 is 15.3 Å². The van der Waals surface area contributed by atoms with Gasteiger partial charge in [0.2, 0.25) is 11.8 Å². The first-order chi connectivity index (χ1) is 12.6. The lowest BCUT2D eigenvalue weighted by Gasteiger charge is -2.32. The van der Waals surface area contributed by atoms with E-state index in [4.69, 9.17) is 0 Å². The number of hydrogen-bond acceptors (Lipinski definition) is 3.